The molecule has 1 saturated carbocycles. The molecule has 2 aromatic carbocycles. The van der Waals surface area contributed by atoms with Crippen LogP contribution in [0.25, 0.3) is 0 Å². The second-order valence-corrected chi connectivity index (χ2v) is 14.0. The van der Waals surface area contributed by atoms with Gasteiger partial charge in [-0.25, -0.2) is 0 Å². The molecule has 1 aliphatic carbocycles. The van der Waals surface area contributed by atoms with E-state index in [0.29, 0.717) is 30.0 Å². The monoisotopic (exact) mass is 716 g/mol. The van der Waals surface area contributed by atoms with Crippen LogP contribution in [0.4, 0.5) is 0 Å². The molecule has 2 aliphatic heterocycles. The SMILES string of the molecule is COc1ccc(C[C@@H]2NC(=O)[C@@H](NC(=O)c3ccon3)Cc3ccc(cc3)OC[C@H](CC(C)C)NC(=O)CN(CC3CC3)C(=O)[C@@H](C)NC2=O)cc1. The predicted molar refractivity (Wildman–Crippen MR) is 190 cm³/mol. The molecule has 52 heavy (non-hydrogen) atoms. The summed E-state index contributed by atoms with van der Waals surface area (Å²) in [6.45, 7) is 6.11. The van der Waals surface area contributed by atoms with E-state index in [1.54, 1.807) is 62.6 Å². The van der Waals surface area contributed by atoms with Crippen molar-refractivity contribution in [3.8, 4) is 11.5 Å². The van der Waals surface area contributed by atoms with Crippen molar-refractivity contribution in [2.24, 2.45) is 11.8 Å². The van der Waals surface area contributed by atoms with Crippen molar-refractivity contribution < 1.29 is 38.0 Å². The summed E-state index contributed by atoms with van der Waals surface area (Å²) in [5.74, 6) is -0.842. The Balaban J connectivity index is 1.46. The highest BCUT2D eigenvalue weighted by Gasteiger charge is 2.34. The molecule has 278 valence electrons. The number of nitrogens with zero attached hydrogens (tertiary/aromatic N) is 2. The number of benzene rings is 2. The lowest BCUT2D eigenvalue weighted by molar-refractivity contribution is -0.140. The number of hydrogen-bond acceptors (Lipinski definition) is 9. The number of amides is 5. The second kappa shape index (κ2) is 17.7. The molecule has 2 bridgehead atoms. The summed E-state index contributed by atoms with van der Waals surface area (Å²) in [7, 11) is 1.55. The Kier molecular flexibility index (Phi) is 12.9. The Bertz CT molecular complexity index is 1670. The Labute approximate surface area is 303 Å². The number of fused-ring (bicyclic) bond motifs is 17. The van der Waals surface area contributed by atoms with E-state index in [4.69, 9.17) is 14.0 Å². The van der Waals surface area contributed by atoms with E-state index in [2.05, 4.69) is 40.3 Å². The third kappa shape index (κ3) is 11.0. The van der Waals surface area contributed by atoms with Crippen LogP contribution in [0, 0.1) is 11.8 Å². The summed E-state index contributed by atoms with van der Waals surface area (Å²) >= 11 is 0. The molecule has 1 fully saturated rings. The van der Waals surface area contributed by atoms with Crippen LogP contribution in [-0.4, -0.2) is 90.6 Å². The van der Waals surface area contributed by atoms with Gasteiger partial charge in [0.2, 0.25) is 23.6 Å². The smallest absolute Gasteiger partial charge is 0.274 e. The van der Waals surface area contributed by atoms with E-state index in [-0.39, 0.29) is 55.5 Å². The van der Waals surface area contributed by atoms with Crippen molar-refractivity contribution in [2.45, 2.75) is 77.0 Å². The molecule has 3 heterocycles. The van der Waals surface area contributed by atoms with E-state index in [1.165, 1.54) is 17.2 Å². The molecule has 0 radical (unpaired) electrons. The van der Waals surface area contributed by atoms with Crippen LogP contribution in [0.5, 0.6) is 11.5 Å². The third-order valence-corrected chi connectivity index (χ3v) is 9.01. The Hall–Kier alpha value is -5.40. The standard InChI is InChI=1S/C38H48N6O8/c1-23(2)17-28-22-51-30-13-9-26(10-14-30)19-33(41-35(46)31-15-16-52-43-31)37(48)42-32(18-25-7-11-29(50-4)12-8-25)36(47)39-24(3)38(49)44(20-27-5-6-27)21-34(45)40-28/h7-16,23-24,27-28,32-33H,5-6,17-22H2,1-4H3,(H,39,47)(H,40,45)(H,41,46)(H,42,48)/t24-,28+,32+,33+/m1/s1. The summed E-state index contributed by atoms with van der Waals surface area (Å²) in [5.41, 5.74) is 1.42. The van der Waals surface area contributed by atoms with Crippen molar-refractivity contribution >= 4 is 29.5 Å². The average molecular weight is 717 g/mol. The molecule has 0 spiro atoms. The van der Waals surface area contributed by atoms with Gasteiger partial charge in [0.1, 0.15) is 42.5 Å². The molecule has 14 heteroatoms. The fourth-order valence-electron chi connectivity index (χ4n) is 6.08. The van der Waals surface area contributed by atoms with E-state index >= 15 is 0 Å². The van der Waals surface area contributed by atoms with Crippen molar-refractivity contribution in [2.75, 3.05) is 26.8 Å². The summed E-state index contributed by atoms with van der Waals surface area (Å²) in [6.07, 6.45) is 3.97. The lowest BCUT2D eigenvalue weighted by Crippen LogP contribution is -2.58. The van der Waals surface area contributed by atoms with E-state index in [0.717, 1.165) is 18.4 Å². The van der Waals surface area contributed by atoms with Crippen molar-refractivity contribution in [1.29, 1.82) is 0 Å². The number of rotatable bonds is 9. The molecule has 3 aromatic rings. The first-order chi connectivity index (χ1) is 25.0. The Morgan fingerprint density at radius 2 is 1.71 bits per heavy atom. The van der Waals surface area contributed by atoms with Gasteiger partial charge in [-0.15, -0.1) is 0 Å². The maximum atomic E-state index is 14.0. The van der Waals surface area contributed by atoms with Gasteiger partial charge >= 0.3 is 0 Å². The number of hydrogen-bond donors (Lipinski definition) is 4. The molecule has 14 nitrogen and oxygen atoms in total. The molecular formula is C38H48N6O8. The van der Waals surface area contributed by atoms with Gasteiger partial charge in [0.25, 0.3) is 5.91 Å². The minimum absolute atomic E-state index is 0.0124. The van der Waals surface area contributed by atoms with Crippen LogP contribution in [0.3, 0.4) is 0 Å². The van der Waals surface area contributed by atoms with E-state index in [1.807, 2.05) is 0 Å². The van der Waals surface area contributed by atoms with Crippen molar-refractivity contribution in [3.63, 3.8) is 0 Å². The third-order valence-electron chi connectivity index (χ3n) is 9.01. The normalized spacial score (nSPS) is 22.2. The summed E-state index contributed by atoms with van der Waals surface area (Å²) in [5, 5.41) is 15.1. The first-order valence-corrected chi connectivity index (χ1v) is 17.7. The first kappa shape index (κ1) is 37.8. The maximum absolute atomic E-state index is 14.0. The number of aromatic nitrogens is 1. The Morgan fingerprint density at radius 1 is 0.981 bits per heavy atom. The molecule has 4 atom stereocenters. The van der Waals surface area contributed by atoms with Gasteiger partial charge in [-0.1, -0.05) is 43.3 Å². The van der Waals surface area contributed by atoms with Gasteiger partial charge in [0.05, 0.1) is 19.7 Å². The average Bonchev–Trinajstić information content (AvgIpc) is 3.76. The highest BCUT2D eigenvalue weighted by molar-refractivity contribution is 5.98. The molecule has 1 aromatic heterocycles. The fraction of sp³-hybridized carbons (Fsp3) is 0.474. The lowest BCUT2D eigenvalue weighted by atomic mass is 10.0. The summed E-state index contributed by atoms with van der Waals surface area (Å²) < 4.78 is 16.2. The van der Waals surface area contributed by atoms with Gasteiger partial charge in [-0.3, -0.25) is 24.0 Å². The molecule has 4 N–H and O–H groups in total. The van der Waals surface area contributed by atoms with Crippen LogP contribution >= 0.6 is 0 Å². The first-order valence-electron chi connectivity index (χ1n) is 17.7. The zero-order valence-electron chi connectivity index (χ0n) is 30.1. The molecule has 5 amide bonds. The van der Waals surface area contributed by atoms with Crippen molar-refractivity contribution in [1.82, 2.24) is 31.3 Å². The summed E-state index contributed by atoms with van der Waals surface area (Å²) in [6, 6.07) is 11.9. The largest absolute Gasteiger partial charge is 0.497 e. The zero-order chi connectivity index (χ0) is 37.2. The van der Waals surface area contributed by atoms with Crippen LogP contribution in [0.1, 0.15) is 61.6 Å². The zero-order valence-corrected chi connectivity index (χ0v) is 30.1. The molecule has 0 unspecified atom stereocenters. The van der Waals surface area contributed by atoms with Crippen LogP contribution in [0.15, 0.2) is 65.4 Å². The molecular weight excluding hydrogens is 668 g/mol. The molecule has 0 saturated heterocycles. The number of carbonyl (C=O) groups is 5. The van der Waals surface area contributed by atoms with Gasteiger partial charge in [0, 0.05) is 25.5 Å². The predicted octanol–water partition coefficient (Wildman–Crippen LogP) is 2.42. The van der Waals surface area contributed by atoms with Crippen LogP contribution in [0.2, 0.25) is 0 Å². The van der Waals surface area contributed by atoms with Gasteiger partial charge in [-0.05, 0) is 73.4 Å². The van der Waals surface area contributed by atoms with Crippen molar-refractivity contribution in [3.05, 3.63) is 77.7 Å². The van der Waals surface area contributed by atoms with Gasteiger partial charge in [0.15, 0.2) is 5.69 Å². The molecule has 3 aliphatic rings. The van der Waals surface area contributed by atoms with Crippen LogP contribution < -0.4 is 30.7 Å². The van der Waals surface area contributed by atoms with Crippen LogP contribution in [-0.2, 0) is 32.0 Å². The Morgan fingerprint density at radius 3 is 2.35 bits per heavy atom. The highest BCUT2D eigenvalue weighted by Crippen LogP contribution is 2.30. The maximum Gasteiger partial charge on any atom is 0.274 e. The number of nitrogens with one attached hydrogen (secondary N) is 4. The lowest BCUT2D eigenvalue weighted by Gasteiger charge is -2.29. The fourth-order valence-corrected chi connectivity index (χ4v) is 6.08. The number of carbonyl (C=O) groups excluding carboxylic acids is 5. The minimum Gasteiger partial charge on any atom is -0.497 e. The topological polar surface area (TPSA) is 181 Å². The van der Waals surface area contributed by atoms with E-state index in [9.17, 15) is 24.0 Å². The number of methoxy groups -OCH3 is 1. The number of ether oxygens (including phenoxy) is 2. The quantitative estimate of drug-likeness (QED) is 0.242. The highest BCUT2D eigenvalue weighted by atomic mass is 16.5. The molecule has 6 rings (SSSR count). The van der Waals surface area contributed by atoms with E-state index < -0.39 is 41.8 Å². The van der Waals surface area contributed by atoms with Gasteiger partial charge < -0.3 is 40.2 Å². The minimum atomic E-state index is -1.14. The summed E-state index contributed by atoms with van der Waals surface area (Å²) in [4.78, 5) is 69.8. The second-order valence-electron chi connectivity index (χ2n) is 14.0. The van der Waals surface area contributed by atoms with Gasteiger partial charge in [-0.2, -0.15) is 0 Å².